The minimum atomic E-state index is -0.193. The molecule has 1 aromatic carbocycles. The normalized spacial score (nSPS) is 12.9. The van der Waals surface area contributed by atoms with Gasteiger partial charge in [-0.05, 0) is 38.5 Å². The summed E-state index contributed by atoms with van der Waals surface area (Å²) < 4.78 is 11.0. The lowest BCUT2D eigenvalue weighted by atomic mass is 10.1. The van der Waals surface area contributed by atoms with Crippen molar-refractivity contribution in [3.8, 4) is 0 Å². The highest BCUT2D eigenvalue weighted by molar-refractivity contribution is 6.30. The summed E-state index contributed by atoms with van der Waals surface area (Å²) >= 11 is 5.97. The minimum absolute atomic E-state index is 0.193. The van der Waals surface area contributed by atoms with Gasteiger partial charge in [-0.2, -0.15) is 0 Å². The molecule has 0 saturated heterocycles. The summed E-state index contributed by atoms with van der Waals surface area (Å²) in [6, 6.07) is 8.07. The fraction of sp³-hybridized carbons (Fsp3) is 0.571. The second kappa shape index (κ2) is 8.48. The first-order valence-electron chi connectivity index (χ1n) is 6.39. The molecule has 1 atom stereocenters. The highest BCUT2D eigenvalue weighted by Gasteiger charge is 2.11. The van der Waals surface area contributed by atoms with Crippen molar-refractivity contribution in [1.29, 1.82) is 0 Å². The maximum Gasteiger partial charge on any atom is 0.169 e. The first kappa shape index (κ1) is 15.4. The van der Waals surface area contributed by atoms with E-state index in [1.807, 2.05) is 32.0 Å². The Kier molecular flexibility index (Phi) is 7.28. The zero-order valence-electron chi connectivity index (χ0n) is 11.3. The summed E-state index contributed by atoms with van der Waals surface area (Å²) in [7, 11) is 0. The van der Waals surface area contributed by atoms with E-state index >= 15 is 0 Å². The van der Waals surface area contributed by atoms with Gasteiger partial charge in [-0.25, -0.2) is 0 Å². The molecule has 0 aliphatic rings. The van der Waals surface area contributed by atoms with Crippen molar-refractivity contribution in [2.75, 3.05) is 19.8 Å². The molecule has 0 heterocycles. The summed E-state index contributed by atoms with van der Waals surface area (Å²) in [5.41, 5.74) is 1.16. The molecule has 0 amide bonds. The largest absolute Gasteiger partial charge is 0.352 e. The second-order valence-electron chi connectivity index (χ2n) is 4.03. The second-order valence-corrected chi connectivity index (χ2v) is 4.46. The molecule has 0 bridgehead atoms. The monoisotopic (exact) mass is 271 g/mol. The standard InChI is InChI=1S/C14H22ClNO2/c1-4-17-14(18-5-2)10-16-11(3)12-7-6-8-13(15)9-12/h6-9,11,14,16H,4-5,10H2,1-3H3/t11-/m1/s1. The number of benzene rings is 1. The first-order valence-corrected chi connectivity index (χ1v) is 6.77. The van der Waals surface area contributed by atoms with Crippen molar-refractivity contribution < 1.29 is 9.47 Å². The van der Waals surface area contributed by atoms with E-state index < -0.39 is 0 Å². The molecular formula is C14H22ClNO2. The predicted molar refractivity (Wildman–Crippen MR) is 74.9 cm³/mol. The van der Waals surface area contributed by atoms with Gasteiger partial charge in [-0.3, -0.25) is 0 Å². The van der Waals surface area contributed by atoms with Crippen LogP contribution in [0.4, 0.5) is 0 Å². The Hall–Kier alpha value is -0.610. The van der Waals surface area contributed by atoms with Gasteiger partial charge in [0, 0.05) is 30.8 Å². The van der Waals surface area contributed by atoms with E-state index in [1.54, 1.807) is 0 Å². The van der Waals surface area contributed by atoms with E-state index in [9.17, 15) is 0 Å². The average Bonchev–Trinajstić information content (AvgIpc) is 2.36. The quantitative estimate of drug-likeness (QED) is 0.735. The molecule has 1 rings (SSSR count). The zero-order valence-corrected chi connectivity index (χ0v) is 12.0. The van der Waals surface area contributed by atoms with E-state index in [0.29, 0.717) is 19.8 Å². The van der Waals surface area contributed by atoms with Gasteiger partial charge in [0.25, 0.3) is 0 Å². The van der Waals surface area contributed by atoms with Gasteiger partial charge in [0.15, 0.2) is 6.29 Å². The summed E-state index contributed by atoms with van der Waals surface area (Å²) in [5, 5.41) is 4.14. The molecule has 0 radical (unpaired) electrons. The molecule has 102 valence electrons. The van der Waals surface area contributed by atoms with E-state index in [2.05, 4.69) is 18.3 Å². The number of hydrogen-bond donors (Lipinski definition) is 1. The lowest BCUT2D eigenvalue weighted by Crippen LogP contribution is -2.33. The van der Waals surface area contributed by atoms with Gasteiger partial charge >= 0.3 is 0 Å². The molecule has 0 unspecified atom stereocenters. The Morgan fingerprint density at radius 2 is 1.89 bits per heavy atom. The third-order valence-corrected chi connectivity index (χ3v) is 2.88. The molecule has 0 aromatic heterocycles. The van der Waals surface area contributed by atoms with Crippen molar-refractivity contribution >= 4 is 11.6 Å². The lowest BCUT2D eigenvalue weighted by Gasteiger charge is -2.21. The van der Waals surface area contributed by atoms with Crippen LogP contribution in [0.3, 0.4) is 0 Å². The Bertz CT molecular complexity index is 340. The Morgan fingerprint density at radius 1 is 1.22 bits per heavy atom. The topological polar surface area (TPSA) is 30.5 Å². The Balaban J connectivity index is 2.46. The van der Waals surface area contributed by atoms with Crippen molar-refractivity contribution in [1.82, 2.24) is 5.32 Å². The Labute approximate surface area is 114 Å². The zero-order chi connectivity index (χ0) is 13.4. The van der Waals surface area contributed by atoms with Crippen molar-refractivity contribution in [2.45, 2.75) is 33.1 Å². The highest BCUT2D eigenvalue weighted by Crippen LogP contribution is 2.17. The van der Waals surface area contributed by atoms with Gasteiger partial charge in [-0.15, -0.1) is 0 Å². The van der Waals surface area contributed by atoms with Crippen LogP contribution in [0.5, 0.6) is 0 Å². The van der Waals surface area contributed by atoms with Crippen LogP contribution >= 0.6 is 11.6 Å². The van der Waals surface area contributed by atoms with Crippen molar-refractivity contribution in [2.24, 2.45) is 0 Å². The van der Waals surface area contributed by atoms with Gasteiger partial charge in [0.1, 0.15) is 0 Å². The first-order chi connectivity index (χ1) is 8.67. The molecule has 3 nitrogen and oxygen atoms in total. The maximum absolute atomic E-state index is 5.97. The fourth-order valence-electron chi connectivity index (χ4n) is 1.70. The van der Waals surface area contributed by atoms with Gasteiger partial charge in [0.2, 0.25) is 0 Å². The predicted octanol–water partition coefficient (Wildman–Crippen LogP) is 3.39. The molecule has 4 heteroatoms. The van der Waals surface area contributed by atoms with Crippen LogP contribution in [-0.4, -0.2) is 26.0 Å². The summed E-state index contributed by atoms with van der Waals surface area (Å²) in [6.45, 7) is 7.99. The molecule has 18 heavy (non-hydrogen) atoms. The fourth-order valence-corrected chi connectivity index (χ4v) is 1.90. The van der Waals surface area contributed by atoms with Crippen LogP contribution < -0.4 is 5.32 Å². The molecule has 0 fully saturated rings. The molecule has 0 aliphatic heterocycles. The lowest BCUT2D eigenvalue weighted by molar-refractivity contribution is -0.133. The van der Waals surface area contributed by atoms with Crippen LogP contribution in [0, 0.1) is 0 Å². The summed E-state index contributed by atoms with van der Waals surface area (Å²) in [4.78, 5) is 0. The van der Waals surface area contributed by atoms with Crippen LogP contribution in [-0.2, 0) is 9.47 Å². The van der Waals surface area contributed by atoms with Gasteiger partial charge in [0.05, 0.1) is 0 Å². The average molecular weight is 272 g/mol. The SMILES string of the molecule is CCOC(CN[C@H](C)c1cccc(Cl)c1)OCC. The van der Waals surface area contributed by atoms with Crippen LogP contribution in [0.2, 0.25) is 5.02 Å². The Morgan fingerprint density at radius 3 is 2.44 bits per heavy atom. The highest BCUT2D eigenvalue weighted by atomic mass is 35.5. The van der Waals surface area contributed by atoms with Crippen LogP contribution in [0.15, 0.2) is 24.3 Å². The number of hydrogen-bond acceptors (Lipinski definition) is 3. The third-order valence-electron chi connectivity index (χ3n) is 2.64. The van der Waals surface area contributed by atoms with E-state index in [0.717, 1.165) is 10.6 Å². The van der Waals surface area contributed by atoms with E-state index in [1.165, 1.54) is 0 Å². The molecular weight excluding hydrogens is 250 g/mol. The van der Waals surface area contributed by atoms with Gasteiger partial charge < -0.3 is 14.8 Å². The molecule has 0 spiro atoms. The van der Waals surface area contributed by atoms with Crippen LogP contribution in [0.25, 0.3) is 0 Å². The number of halogens is 1. The summed E-state index contributed by atoms with van der Waals surface area (Å²) in [5.74, 6) is 0. The maximum atomic E-state index is 5.97. The molecule has 1 aromatic rings. The molecule has 0 aliphatic carbocycles. The number of nitrogens with one attached hydrogen (secondary N) is 1. The molecule has 1 N–H and O–H groups in total. The van der Waals surface area contributed by atoms with Crippen molar-refractivity contribution in [3.05, 3.63) is 34.9 Å². The van der Waals surface area contributed by atoms with Crippen molar-refractivity contribution in [3.63, 3.8) is 0 Å². The van der Waals surface area contributed by atoms with Crippen LogP contribution in [0.1, 0.15) is 32.4 Å². The molecule has 0 saturated carbocycles. The van der Waals surface area contributed by atoms with E-state index in [-0.39, 0.29) is 12.3 Å². The number of rotatable bonds is 8. The van der Waals surface area contributed by atoms with E-state index in [4.69, 9.17) is 21.1 Å². The minimum Gasteiger partial charge on any atom is -0.352 e. The summed E-state index contributed by atoms with van der Waals surface area (Å²) in [6.07, 6.45) is -0.193. The van der Waals surface area contributed by atoms with Gasteiger partial charge in [-0.1, -0.05) is 23.7 Å². The third kappa shape index (κ3) is 5.36. The smallest absolute Gasteiger partial charge is 0.169 e. The number of ether oxygens (including phenoxy) is 2.